The lowest BCUT2D eigenvalue weighted by Gasteiger charge is -2.21. The van der Waals surface area contributed by atoms with Crippen LogP contribution in [0.25, 0.3) is 0 Å². The summed E-state index contributed by atoms with van der Waals surface area (Å²) in [5.41, 5.74) is 1.15. The van der Waals surface area contributed by atoms with Crippen molar-refractivity contribution < 1.29 is 0 Å². The van der Waals surface area contributed by atoms with Gasteiger partial charge in [-0.05, 0) is 31.8 Å². The summed E-state index contributed by atoms with van der Waals surface area (Å²) in [5.74, 6) is 0. The molecule has 1 rings (SSSR count). The molecular formula is C16H30N4. The van der Waals surface area contributed by atoms with Gasteiger partial charge >= 0.3 is 0 Å². The maximum absolute atomic E-state index is 4.39. The molecule has 1 N–H and O–H groups in total. The molecule has 1 aromatic heterocycles. The quantitative estimate of drug-likeness (QED) is 0.626. The van der Waals surface area contributed by atoms with Crippen LogP contribution >= 0.6 is 0 Å². The Morgan fingerprint density at radius 1 is 0.950 bits per heavy atom. The number of rotatable bonds is 11. The number of nitrogens with one attached hydrogen (secondary N) is 1. The van der Waals surface area contributed by atoms with Crippen molar-refractivity contribution in [3.63, 3.8) is 0 Å². The van der Waals surface area contributed by atoms with Crippen LogP contribution in [0.2, 0.25) is 0 Å². The van der Waals surface area contributed by atoms with Gasteiger partial charge in [-0.3, -0.25) is 9.88 Å². The summed E-state index contributed by atoms with van der Waals surface area (Å²) in [5, 5.41) is 3.53. The van der Waals surface area contributed by atoms with E-state index in [1.807, 2.05) is 12.3 Å². The average Bonchev–Trinajstić information content (AvgIpc) is 2.50. The molecule has 0 spiro atoms. The highest BCUT2D eigenvalue weighted by molar-refractivity contribution is 5.03. The lowest BCUT2D eigenvalue weighted by Crippen LogP contribution is -2.36. The third-order valence-electron chi connectivity index (χ3n) is 3.66. The second-order valence-corrected chi connectivity index (χ2v) is 4.97. The molecule has 0 fully saturated rings. The van der Waals surface area contributed by atoms with E-state index in [1.54, 1.807) is 0 Å². The van der Waals surface area contributed by atoms with Gasteiger partial charge in [0.25, 0.3) is 0 Å². The number of pyridine rings is 1. The van der Waals surface area contributed by atoms with Crippen molar-refractivity contribution in [3.05, 3.63) is 30.1 Å². The zero-order chi connectivity index (χ0) is 14.6. The van der Waals surface area contributed by atoms with Crippen LogP contribution in [0.3, 0.4) is 0 Å². The van der Waals surface area contributed by atoms with Crippen molar-refractivity contribution in [2.75, 3.05) is 45.8 Å². The smallest absolute Gasteiger partial charge is 0.0543 e. The highest BCUT2D eigenvalue weighted by Gasteiger charge is 2.04. The molecule has 114 valence electrons. The van der Waals surface area contributed by atoms with Crippen molar-refractivity contribution in [1.82, 2.24) is 20.1 Å². The molecule has 0 aliphatic heterocycles. The standard InChI is InChI=1S/C16H30N4/c1-4-19(5-2)13-11-17-12-14-20(6-3)15-16-9-7-8-10-18-16/h7-10,17H,4-6,11-15H2,1-3H3. The van der Waals surface area contributed by atoms with Gasteiger partial charge in [-0.2, -0.15) is 0 Å². The molecule has 0 saturated carbocycles. The normalized spacial score (nSPS) is 11.4. The highest BCUT2D eigenvalue weighted by Crippen LogP contribution is 1.99. The molecule has 0 radical (unpaired) electrons. The van der Waals surface area contributed by atoms with E-state index in [9.17, 15) is 0 Å². The van der Waals surface area contributed by atoms with Gasteiger partial charge in [-0.15, -0.1) is 0 Å². The first-order chi connectivity index (χ1) is 9.80. The summed E-state index contributed by atoms with van der Waals surface area (Å²) in [6, 6.07) is 6.11. The van der Waals surface area contributed by atoms with Crippen LogP contribution in [-0.4, -0.2) is 60.6 Å². The second-order valence-electron chi connectivity index (χ2n) is 4.97. The summed E-state index contributed by atoms with van der Waals surface area (Å²) in [4.78, 5) is 9.25. The molecule has 4 nitrogen and oxygen atoms in total. The summed E-state index contributed by atoms with van der Waals surface area (Å²) in [6.07, 6.45) is 1.87. The summed E-state index contributed by atoms with van der Waals surface area (Å²) >= 11 is 0. The van der Waals surface area contributed by atoms with E-state index in [-0.39, 0.29) is 0 Å². The fourth-order valence-corrected chi connectivity index (χ4v) is 2.21. The van der Waals surface area contributed by atoms with Gasteiger partial charge in [-0.1, -0.05) is 26.8 Å². The summed E-state index contributed by atoms with van der Waals surface area (Å²) < 4.78 is 0. The van der Waals surface area contributed by atoms with Gasteiger partial charge in [-0.25, -0.2) is 0 Å². The van der Waals surface area contributed by atoms with Gasteiger partial charge in [0.15, 0.2) is 0 Å². The zero-order valence-electron chi connectivity index (χ0n) is 13.3. The van der Waals surface area contributed by atoms with Crippen LogP contribution in [0, 0.1) is 0 Å². The predicted octanol–water partition coefficient (Wildman–Crippen LogP) is 1.83. The minimum Gasteiger partial charge on any atom is -0.314 e. The maximum atomic E-state index is 4.39. The Labute approximate surface area is 124 Å². The molecule has 0 saturated heterocycles. The maximum Gasteiger partial charge on any atom is 0.0543 e. The number of hydrogen-bond acceptors (Lipinski definition) is 4. The van der Waals surface area contributed by atoms with E-state index in [0.29, 0.717) is 0 Å². The van der Waals surface area contributed by atoms with Gasteiger partial charge in [0.1, 0.15) is 0 Å². The molecule has 1 aromatic rings. The number of aromatic nitrogens is 1. The Bertz CT molecular complexity index is 325. The first-order valence-corrected chi connectivity index (χ1v) is 7.85. The Kier molecular flexibility index (Phi) is 9.20. The fourth-order valence-electron chi connectivity index (χ4n) is 2.21. The highest BCUT2D eigenvalue weighted by atomic mass is 15.2. The molecular weight excluding hydrogens is 248 g/mol. The first kappa shape index (κ1) is 17.1. The molecule has 1 heterocycles. The van der Waals surface area contributed by atoms with Crippen molar-refractivity contribution in [3.8, 4) is 0 Å². The minimum absolute atomic E-state index is 0.940. The van der Waals surface area contributed by atoms with Crippen LogP contribution < -0.4 is 5.32 Å². The van der Waals surface area contributed by atoms with Crippen LogP contribution in [0.5, 0.6) is 0 Å². The molecule has 0 aromatic carbocycles. The van der Waals surface area contributed by atoms with Crippen LogP contribution in [-0.2, 0) is 6.54 Å². The van der Waals surface area contributed by atoms with Gasteiger partial charge in [0, 0.05) is 38.9 Å². The van der Waals surface area contributed by atoms with Crippen molar-refractivity contribution in [2.45, 2.75) is 27.3 Å². The summed E-state index contributed by atoms with van der Waals surface area (Å²) in [7, 11) is 0. The van der Waals surface area contributed by atoms with Crippen molar-refractivity contribution in [2.24, 2.45) is 0 Å². The van der Waals surface area contributed by atoms with Crippen LogP contribution in [0.1, 0.15) is 26.5 Å². The number of hydrogen-bond donors (Lipinski definition) is 1. The Balaban J connectivity index is 2.15. The van der Waals surface area contributed by atoms with E-state index >= 15 is 0 Å². The molecule has 4 heteroatoms. The molecule has 0 bridgehead atoms. The molecule has 0 unspecified atom stereocenters. The number of nitrogens with zero attached hydrogens (tertiary/aromatic N) is 3. The van der Waals surface area contributed by atoms with E-state index in [2.05, 4.69) is 53.0 Å². The second kappa shape index (κ2) is 10.8. The van der Waals surface area contributed by atoms with Crippen molar-refractivity contribution >= 4 is 0 Å². The van der Waals surface area contributed by atoms with Crippen molar-refractivity contribution in [1.29, 1.82) is 0 Å². The minimum atomic E-state index is 0.940. The monoisotopic (exact) mass is 278 g/mol. The topological polar surface area (TPSA) is 31.4 Å². The fraction of sp³-hybridized carbons (Fsp3) is 0.688. The van der Waals surface area contributed by atoms with E-state index in [0.717, 1.165) is 58.1 Å². The van der Waals surface area contributed by atoms with Gasteiger partial charge in [0.05, 0.1) is 5.69 Å². The molecule has 0 aliphatic carbocycles. The Morgan fingerprint density at radius 3 is 2.15 bits per heavy atom. The first-order valence-electron chi connectivity index (χ1n) is 7.85. The predicted molar refractivity (Wildman–Crippen MR) is 85.8 cm³/mol. The average molecular weight is 278 g/mol. The van der Waals surface area contributed by atoms with Crippen LogP contribution in [0.15, 0.2) is 24.4 Å². The molecule has 0 aliphatic rings. The third-order valence-corrected chi connectivity index (χ3v) is 3.66. The largest absolute Gasteiger partial charge is 0.314 e. The lowest BCUT2D eigenvalue weighted by molar-refractivity contribution is 0.267. The van der Waals surface area contributed by atoms with E-state index in [4.69, 9.17) is 0 Å². The Morgan fingerprint density at radius 2 is 1.60 bits per heavy atom. The zero-order valence-corrected chi connectivity index (χ0v) is 13.3. The van der Waals surface area contributed by atoms with E-state index in [1.165, 1.54) is 0 Å². The molecule has 20 heavy (non-hydrogen) atoms. The van der Waals surface area contributed by atoms with E-state index < -0.39 is 0 Å². The summed E-state index contributed by atoms with van der Waals surface area (Å²) in [6.45, 7) is 15.2. The SMILES string of the molecule is CCN(CC)CCNCCN(CC)Cc1ccccn1. The van der Waals surface area contributed by atoms with Crippen LogP contribution in [0.4, 0.5) is 0 Å². The lowest BCUT2D eigenvalue weighted by atomic mass is 10.3. The van der Waals surface area contributed by atoms with Gasteiger partial charge in [0.2, 0.25) is 0 Å². The molecule has 0 atom stereocenters. The van der Waals surface area contributed by atoms with Gasteiger partial charge < -0.3 is 10.2 Å². The number of likely N-dealkylation sites (N-methyl/N-ethyl adjacent to an activating group) is 2. The Hall–Kier alpha value is -0.970. The third kappa shape index (κ3) is 6.98. The molecule has 0 amide bonds.